The number of nitrogens with one attached hydrogen (secondary N) is 1. The maximum absolute atomic E-state index is 11.3. The number of nitrogen functional groups attached to an aromatic ring is 1. The maximum atomic E-state index is 11.3. The van der Waals surface area contributed by atoms with E-state index in [0.717, 1.165) is 16.9 Å². The van der Waals surface area contributed by atoms with Crippen LogP contribution in [0.4, 0.5) is 5.95 Å². The second-order valence-corrected chi connectivity index (χ2v) is 3.61. The number of rotatable bonds is 2. The van der Waals surface area contributed by atoms with Crippen LogP contribution in [0.5, 0.6) is 0 Å². The van der Waals surface area contributed by atoms with E-state index in [2.05, 4.69) is 15.4 Å². The lowest BCUT2D eigenvalue weighted by Gasteiger charge is -2.05. The van der Waals surface area contributed by atoms with Gasteiger partial charge in [-0.05, 0) is 6.92 Å². The molecule has 2 heterocycles. The largest absolute Gasteiger partial charge is 0.369 e. The minimum Gasteiger partial charge on any atom is -0.369 e. The molecule has 0 aliphatic rings. The van der Waals surface area contributed by atoms with Crippen molar-refractivity contribution in [1.82, 2.24) is 24.6 Å². The van der Waals surface area contributed by atoms with Crippen LogP contribution in [-0.4, -0.2) is 32.3 Å². The second-order valence-electron chi connectivity index (χ2n) is 3.61. The molecule has 7 nitrogen and oxygen atoms in total. The quantitative estimate of drug-likeness (QED) is 0.710. The van der Waals surface area contributed by atoms with Gasteiger partial charge in [0.1, 0.15) is 12.1 Å². The van der Waals surface area contributed by atoms with E-state index in [9.17, 15) is 4.79 Å². The highest BCUT2D eigenvalue weighted by atomic mass is 16.1. The number of imidazole rings is 1. The normalized spacial score (nSPS) is 10.9. The van der Waals surface area contributed by atoms with Gasteiger partial charge in [-0.2, -0.15) is 5.10 Å². The van der Waals surface area contributed by atoms with Crippen LogP contribution in [0.15, 0.2) is 0 Å². The van der Waals surface area contributed by atoms with Crippen molar-refractivity contribution in [3.8, 4) is 0 Å². The Balaban J connectivity index is 2.59. The Labute approximate surface area is 92.2 Å². The second kappa shape index (κ2) is 3.51. The zero-order chi connectivity index (χ0) is 11.9. The lowest BCUT2D eigenvalue weighted by molar-refractivity contribution is -0.121. The van der Waals surface area contributed by atoms with Gasteiger partial charge in [0.05, 0.1) is 5.69 Å². The Morgan fingerprint density at radius 3 is 2.88 bits per heavy atom. The molecule has 0 saturated heterocycles. The monoisotopic (exact) mass is 222 g/mol. The predicted octanol–water partition coefficient (Wildman–Crippen LogP) is -0.594. The maximum Gasteiger partial charge on any atom is 0.239 e. The summed E-state index contributed by atoms with van der Waals surface area (Å²) < 4.78 is 3.32. The molecule has 0 saturated carbocycles. The third-order valence-corrected chi connectivity index (χ3v) is 2.50. The van der Waals surface area contributed by atoms with Gasteiger partial charge in [0.15, 0.2) is 5.65 Å². The van der Waals surface area contributed by atoms with Crippen LogP contribution in [0.2, 0.25) is 0 Å². The van der Waals surface area contributed by atoms with Gasteiger partial charge in [-0.15, -0.1) is 0 Å². The van der Waals surface area contributed by atoms with Gasteiger partial charge in [0.25, 0.3) is 0 Å². The van der Waals surface area contributed by atoms with E-state index in [1.54, 1.807) is 23.3 Å². The summed E-state index contributed by atoms with van der Waals surface area (Å²) in [6.45, 7) is 2.01. The predicted molar refractivity (Wildman–Crippen MR) is 59.7 cm³/mol. The lowest BCUT2D eigenvalue weighted by Crippen LogP contribution is -2.24. The van der Waals surface area contributed by atoms with Crippen molar-refractivity contribution < 1.29 is 4.79 Å². The lowest BCUT2D eigenvalue weighted by atomic mass is 10.4. The molecule has 3 N–H and O–H groups in total. The molecule has 0 radical (unpaired) electrons. The van der Waals surface area contributed by atoms with E-state index in [1.807, 2.05) is 6.92 Å². The molecule has 0 unspecified atom stereocenters. The Kier molecular flexibility index (Phi) is 2.30. The fraction of sp³-hybridized carbons (Fsp3) is 0.444. The molecular formula is C9H14N6O. The number of nitrogens with zero attached hydrogens (tertiary/aromatic N) is 4. The number of aryl methyl sites for hydroxylation is 2. The van der Waals surface area contributed by atoms with Crippen molar-refractivity contribution in [2.75, 3.05) is 12.8 Å². The third kappa shape index (κ3) is 1.40. The Bertz CT molecular complexity index is 552. The van der Waals surface area contributed by atoms with Crippen molar-refractivity contribution in [3.05, 3.63) is 5.69 Å². The van der Waals surface area contributed by atoms with Crippen LogP contribution in [0.1, 0.15) is 5.69 Å². The van der Waals surface area contributed by atoms with Crippen molar-refractivity contribution in [2.24, 2.45) is 7.05 Å². The van der Waals surface area contributed by atoms with E-state index in [0.29, 0.717) is 5.95 Å². The fourth-order valence-electron chi connectivity index (χ4n) is 1.73. The highest BCUT2D eigenvalue weighted by molar-refractivity contribution is 5.82. The van der Waals surface area contributed by atoms with Gasteiger partial charge in [0.2, 0.25) is 11.9 Å². The Hall–Kier alpha value is -2.05. The summed E-state index contributed by atoms with van der Waals surface area (Å²) in [7, 11) is 3.39. The number of amides is 1. The number of likely N-dealkylation sites (N-methyl/N-ethyl adjacent to an activating group) is 1. The summed E-state index contributed by atoms with van der Waals surface area (Å²) in [6, 6.07) is 0. The third-order valence-electron chi connectivity index (χ3n) is 2.50. The van der Waals surface area contributed by atoms with Gasteiger partial charge in [-0.25, -0.2) is 4.98 Å². The van der Waals surface area contributed by atoms with Gasteiger partial charge in [0, 0.05) is 14.1 Å². The molecule has 1 amide bonds. The molecule has 0 aliphatic heterocycles. The van der Waals surface area contributed by atoms with E-state index in [4.69, 9.17) is 5.73 Å². The zero-order valence-electron chi connectivity index (χ0n) is 9.48. The van der Waals surface area contributed by atoms with Crippen LogP contribution >= 0.6 is 0 Å². The Morgan fingerprint density at radius 2 is 2.25 bits per heavy atom. The molecule has 86 valence electrons. The van der Waals surface area contributed by atoms with Crippen molar-refractivity contribution >= 4 is 23.0 Å². The summed E-state index contributed by atoms with van der Waals surface area (Å²) >= 11 is 0. The summed E-state index contributed by atoms with van der Waals surface area (Å²) in [4.78, 5) is 15.5. The molecule has 2 aromatic rings. The summed E-state index contributed by atoms with van der Waals surface area (Å²) in [5.74, 6) is 0.208. The smallest absolute Gasteiger partial charge is 0.239 e. The van der Waals surface area contributed by atoms with Crippen molar-refractivity contribution in [1.29, 1.82) is 0 Å². The zero-order valence-corrected chi connectivity index (χ0v) is 9.48. The van der Waals surface area contributed by atoms with Gasteiger partial charge >= 0.3 is 0 Å². The molecule has 2 rings (SSSR count). The molecule has 0 fully saturated rings. The van der Waals surface area contributed by atoms with Crippen molar-refractivity contribution in [2.45, 2.75) is 13.5 Å². The minimum atomic E-state index is -0.121. The molecule has 0 aliphatic carbocycles. The van der Waals surface area contributed by atoms with E-state index >= 15 is 0 Å². The first-order valence-electron chi connectivity index (χ1n) is 4.90. The molecule has 2 aromatic heterocycles. The van der Waals surface area contributed by atoms with Gasteiger partial charge < -0.3 is 11.1 Å². The van der Waals surface area contributed by atoms with E-state index in [-0.39, 0.29) is 12.5 Å². The van der Waals surface area contributed by atoms with Crippen LogP contribution in [-0.2, 0) is 18.4 Å². The highest BCUT2D eigenvalue weighted by Crippen LogP contribution is 2.19. The van der Waals surface area contributed by atoms with Gasteiger partial charge in [-0.3, -0.25) is 14.0 Å². The average Bonchev–Trinajstić information content (AvgIpc) is 2.68. The highest BCUT2D eigenvalue weighted by Gasteiger charge is 2.16. The average molecular weight is 222 g/mol. The number of nitrogens with two attached hydrogens (primary N) is 1. The molecule has 0 bridgehead atoms. The number of hydrogen-bond acceptors (Lipinski definition) is 4. The Morgan fingerprint density at radius 1 is 1.56 bits per heavy atom. The number of hydrogen-bond donors (Lipinski definition) is 2. The van der Waals surface area contributed by atoms with E-state index < -0.39 is 0 Å². The first kappa shape index (κ1) is 10.5. The van der Waals surface area contributed by atoms with Crippen LogP contribution < -0.4 is 11.1 Å². The first-order valence-corrected chi connectivity index (χ1v) is 4.90. The molecule has 0 atom stereocenters. The van der Waals surface area contributed by atoms with Crippen LogP contribution in [0.3, 0.4) is 0 Å². The fourth-order valence-corrected chi connectivity index (χ4v) is 1.73. The summed E-state index contributed by atoms with van der Waals surface area (Å²) in [5, 5.41) is 6.78. The summed E-state index contributed by atoms with van der Waals surface area (Å²) in [5.41, 5.74) is 8.08. The number of aromatic nitrogens is 4. The van der Waals surface area contributed by atoms with Crippen LogP contribution in [0, 0.1) is 6.92 Å². The van der Waals surface area contributed by atoms with Crippen molar-refractivity contribution in [3.63, 3.8) is 0 Å². The number of anilines is 1. The number of carbonyl (C=O) groups is 1. The SMILES string of the molecule is CNC(=O)Cn1c(N)nc2c(C)nn(C)c21. The number of fused-ring (bicyclic) bond motifs is 1. The molecule has 0 aromatic carbocycles. The molecule has 7 heteroatoms. The molecule has 16 heavy (non-hydrogen) atoms. The number of carbonyl (C=O) groups excluding carboxylic acids is 1. The van der Waals surface area contributed by atoms with Gasteiger partial charge in [-0.1, -0.05) is 0 Å². The first-order chi connectivity index (χ1) is 7.54. The topological polar surface area (TPSA) is 90.8 Å². The minimum absolute atomic E-state index is 0.121. The summed E-state index contributed by atoms with van der Waals surface area (Å²) in [6.07, 6.45) is 0. The molecular weight excluding hydrogens is 208 g/mol. The standard InChI is InChI=1S/C9H14N6O/c1-5-7-8(14(3)13-5)15(9(10)12-7)4-6(16)11-2/h4H2,1-3H3,(H2,10,12)(H,11,16). The van der Waals surface area contributed by atoms with Crippen LogP contribution in [0.25, 0.3) is 11.2 Å². The molecule has 0 spiro atoms. The van der Waals surface area contributed by atoms with E-state index in [1.165, 1.54) is 0 Å².